The average molecular weight is 348 g/mol. The van der Waals surface area contributed by atoms with E-state index < -0.39 is 11.1 Å². The first-order valence-electron chi connectivity index (χ1n) is 10.1. The molecule has 0 fully saturated rings. The fraction of sp³-hybridized carbons (Fsp3) is 1.00. The minimum Gasteiger partial charge on any atom is -0.305 e. The van der Waals surface area contributed by atoms with Crippen LogP contribution in [0.4, 0.5) is 0 Å². The fourth-order valence-electron chi connectivity index (χ4n) is 2.96. The lowest BCUT2D eigenvalue weighted by Gasteiger charge is -2.04. The highest BCUT2D eigenvalue weighted by molar-refractivity contribution is 7.79. The Bertz CT molecular complexity index is 250. The second kappa shape index (κ2) is 20.1. The van der Waals surface area contributed by atoms with E-state index in [9.17, 15) is 4.21 Å². The van der Waals surface area contributed by atoms with Gasteiger partial charge in [-0.25, -0.2) is 4.21 Å². The van der Waals surface area contributed by atoms with E-state index in [1.165, 1.54) is 96.3 Å². The minimum absolute atomic E-state index is 0.207. The number of hydrogen-bond acceptors (Lipinski definition) is 2. The van der Waals surface area contributed by atoms with Crippen LogP contribution in [0.25, 0.3) is 0 Å². The molecule has 0 aliphatic rings. The molecule has 0 spiro atoms. The molecule has 0 saturated carbocycles. The van der Waals surface area contributed by atoms with E-state index >= 15 is 0 Å². The van der Waals surface area contributed by atoms with E-state index in [-0.39, 0.29) is 5.88 Å². The van der Waals surface area contributed by atoms with Gasteiger partial charge in [-0.2, -0.15) is 0 Å². The first-order valence-corrected chi connectivity index (χ1v) is 11.3. The molecule has 0 bridgehead atoms. The number of rotatable bonds is 19. The summed E-state index contributed by atoms with van der Waals surface area (Å²) in [7, 11) is 0. The van der Waals surface area contributed by atoms with Crippen LogP contribution in [0.5, 0.6) is 0 Å². The standard InChI is InChI=1S/C19H41NO2S/c1-2-3-4-5-6-7-8-9-10-11-12-13-14-15-16-17-18-20-19-23(21)22/h20H,2-19H2,1H3,(H,21,22). The Labute approximate surface area is 147 Å². The highest BCUT2D eigenvalue weighted by atomic mass is 32.2. The molecular formula is C19H41NO2S. The molecule has 0 aromatic heterocycles. The Balaban J connectivity index is 2.96. The zero-order valence-corrected chi connectivity index (χ0v) is 16.3. The molecule has 0 aromatic rings. The smallest absolute Gasteiger partial charge is 0.167 e. The molecule has 0 rings (SSSR count). The third kappa shape index (κ3) is 22.1. The fourth-order valence-corrected chi connectivity index (χ4v) is 3.28. The van der Waals surface area contributed by atoms with Crippen LogP contribution in [0.15, 0.2) is 0 Å². The van der Waals surface area contributed by atoms with Crippen molar-refractivity contribution in [3.05, 3.63) is 0 Å². The first-order chi connectivity index (χ1) is 11.3. The van der Waals surface area contributed by atoms with E-state index in [1.807, 2.05) is 0 Å². The highest BCUT2D eigenvalue weighted by Gasteiger charge is 1.95. The lowest BCUT2D eigenvalue weighted by atomic mass is 10.0. The molecule has 0 aliphatic heterocycles. The summed E-state index contributed by atoms with van der Waals surface area (Å²) >= 11 is -1.70. The Kier molecular flexibility index (Phi) is 20.2. The Morgan fingerprint density at radius 2 is 1.00 bits per heavy atom. The van der Waals surface area contributed by atoms with Gasteiger partial charge in [0, 0.05) is 0 Å². The van der Waals surface area contributed by atoms with E-state index in [4.69, 9.17) is 4.55 Å². The van der Waals surface area contributed by atoms with Gasteiger partial charge in [0.05, 0.1) is 5.88 Å². The minimum atomic E-state index is -1.70. The van der Waals surface area contributed by atoms with Crippen molar-refractivity contribution in [2.45, 2.75) is 110 Å². The Morgan fingerprint density at radius 3 is 1.35 bits per heavy atom. The molecule has 3 nitrogen and oxygen atoms in total. The van der Waals surface area contributed by atoms with Crippen LogP contribution < -0.4 is 5.32 Å². The van der Waals surface area contributed by atoms with Crippen LogP contribution >= 0.6 is 0 Å². The van der Waals surface area contributed by atoms with Crippen molar-refractivity contribution < 1.29 is 8.76 Å². The van der Waals surface area contributed by atoms with Crippen LogP contribution in [0.1, 0.15) is 110 Å². The van der Waals surface area contributed by atoms with Crippen LogP contribution in [0.2, 0.25) is 0 Å². The normalized spacial score (nSPS) is 12.6. The maximum atomic E-state index is 10.4. The van der Waals surface area contributed by atoms with Crippen molar-refractivity contribution in [2.24, 2.45) is 0 Å². The summed E-state index contributed by atoms with van der Waals surface area (Å²) in [4.78, 5) is 0. The zero-order chi connectivity index (χ0) is 17.0. The van der Waals surface area contributed by atoms with Gasteiger partial charge in [-0.05, 0) is 13.0 Å². The topological polar surface area (TPSA) is 49.3 Å². The van der Waals surface area contributed by atoms with Crippen molar-refractivity contribution in [3.8, 4) is 0 Å². The van der Waals surface area contributed by atoms with Gasteiger partial charge in [0.2, 0.25) is 0 Å². The van der Waals surface area contributed by atoms with Crippen molar-refractivity contribution in [1.82, 2.24) is 5.32 Å². The lowest BCUT2D eigenvalue weighted by Crippen LogP contribution is -2.19. The van der Waals surface area contributed by atoms with Crippen molar-refractivity contribution in [1.29, 1.82) is 0 Å². The predicted molar refractivity (Wildman–Crippen MR) is 103 cm³/mol. The molecule has 0 amide bonds. The zero-order valence-electron chi connectivity index (χ0n) is 15.5. The maximum absolute atomic E-state index is 10.4. The molecule has 23 heavy (non-hydrogen) atoms. The molecule has 0 aliphatic carbocycles. The monoisotopic (exact) mass is 347 g/mol. The molecular weight excluding hydrogens is 306 g/mol. The lowest BCUT2D eigenvalue weighted by molar-refractivity contribution is 0.525. The van der Waals surface area contributed by atoms with Crippen molar-refractivity contribution in [3.63, 3.8) is 0 Å². The van der Waals surface area contributed by atoms with E-state index in [1.54, 1.807) is 0 Å². The molecule has 0 saturated heterocycles. The quantitative estimate of drug-likeness (QED) is 0.222. The van der Waals surface area contributed by atoms with E-state index in [0.29, 0.717) is 0 Å². The van der Waals surface area contributed by atoms with Crippen LogP contribution in [0.3, 0.4) is 0 Å². The maximum Gasteiger partial charge on any atom is 0.167 e. The van der Waals surface area contributed by atoms with Crippen molar-refractivity contribution in [2.75, 3.05) is 12.4 Å². The van der Waals surface area contributed by atoms with Crippen LogP contribution in [0, 0.1) is 0 Å². The molecule has 0 aromatic carbocycles. The van der Waals surface area contributed by atoms with Gasteiger partial charge in [-0.1, -0.05) is 103 Å². The van der Waals surface area contributed by atoms with E-state index in [0.717, 1.165) is 13.0 Å². The summed E-state index contributed by atoms with van der Waals surface area (Å²) < 4.78 is 19.0. The molecule has 2 N–H and O–H groups in total. The number of unbranched alkanes of at least 4 members (excludes halogenated alkanes) is 15. The highest BCUT2D eigenvalue weighted by Crippen LogP contribution is 2.13. The molecule has 140 valence electrons. The summed E-state index contributed by atoms with van der Waals surface area (Å²) in [5.74, 6) is 0.207. The Hall–Kier alpha value is 0.0700. The summed E-state index contributed by atoms with van der Waals surface area (Å²) in [6.07, 6.45) is 22.1. The number of hydrogen-bond donors (Lipinski definition) is 2. The SMILES string of the molecule is CCCCCCCCCCCCCCCCCCNCS(=O)O. The van der Waals surface area contributed by atoms with Gasteiger partial charge < -0.3 is 9.87 Å². The van der Waals surface area contributed by atoms with Gasteiger partial charge >= 0.3 is 0 Å². The van der Waals surface area contributed by atoms with Gasteiger partial charge in [-0.3, -0.25) is 0 Å². The van der Waals surface area contributed by atoms with Gasteiger partial charge in [0.1, 0.15) is 0 Å². The van der Waals surface area contributed by atoms with Gasteiger partial charge in [0.15, 0.2) is 11.1 Å². The van der Waals surface area contributed by atoms with Gasteiger partial charge in [0.25, 0.3) is 0 Å². The molecule has 4 heteroatoms. The first kappa shape index (κ1) is 23.1. The van der Waals surface area contributed by atoms with Crippen LogP contribution in [-0.2, 0) is 11.1 Å². The van der Waals surface area contributed by atoms with Gasteiger partial charge in [-0.15, -0.1) is 0 Å². The third-order valence-corrected chi connectivity index (χ3v) is 4.88. The summed E-state index contributed by atoms with van der Waals surface area (Å²) in [6, 6.07) is 0. The average Bonchev–Trinajstić information content (AvgIpc) is 2.53. The summed E-state index contributed by atoms with van der Waals surface area (Å²) in [5.41, 5.74) is 0. The molecule has 1 unspecified atom stereocenters. The molecule has 1 atom stereocenters. The van der Waals surface area contributed by atoms with Crippen molar-refractivity contribution >= 4 is 11.1 Å². The van der Waals surface area contributed by atoms with Crippen LogP contribution in [-0.4, -0.2) is 21.2 Å². The molecule has 0 radical (unpaired) electrons. The Morgan fingerprint density at radius 1 is 0.652 bits per heavy atom. The second-order valence-corrected chi connectivity index (χ2v) is 7.70. The predicted octanol–water partition coefficient (Wildman–Crippen LogP) is 6.02. The van der Waals surface area contributed by atoms with E-state index in [2.05, 4.69) is 12.2 Å². The number of nitrogens with one attached hydrogen (secondary N) is 1. The molecule has 0 heterocycles. The largest absolute Gasteiger partial charge is 0.305 e. The summed E-state index contributed by atoms with van der Waals surface area (Å²) in [6.45, 7) is 3.14. The third-order valence-electron chi connectivity index (χ3n) is 4.43. The summed E-state index contributed by atoms with van der Waals surface area (Å²) in [5, 5.41) is 2.98. The second-order valence-electron chi connectivity index (χ2n) is 6.77.